The molecule has 0 bridgehead atoms. The van der Waals surface area contributed by atoms with Crippen LogP contribution in [-0.2, 0) is 0 Å². The summed E-state index contributed by atoms with van der Waals surface area (Å²) in [6.45, 7) is 12.2. The van der Waals surface area contributed by atoms with Gasteiger partial charge in [-0.25, -0.2) is 0 Å². The first-order valence-corrected chi connectivity index (χ1v) is 7.54. The van der Waals surface area contributed by atoms with Gasteiger partial charge in [-0.2, -0.15) is 0 Å². The van der Waals surface area contributed by atoms with Crippen LogP contribution in [-0.4, -0.2) is 62.2 Å². The third-order valence-electron chi connectivity index (χ3n) is 4.42. The summed E-state index contributed by atoms with van der Waals surface area (Å²) >= 11 is 0. The van der Waals surface area contributed by atoms with E-state index >= 15 is 0 Å². The highest BCUT2D eigenvalue weighted by Gasteiger charge is 2.16. The zero-order chi connectivity index (χ0) is 11.9. The maximum Gasteiger partial charge on any atom is 0.0110 e. The Labute approximate surface area is 107 Å². The summed E-state index contributed by atoms with van der Waals surface area (Å²) in [5.41, 5.74) is 0. The summed E-state index contributed by atoms with van der Waals surface area (Å²) in [6, 6.07) is 0. The molecule has 0 atom stereocenters. The van der Waals surface area contributed by atoms with Crippen LogP contribution in [0.4, 0.5) is 0 Å². The molecule has 0 aromatic heterocycles. The number of hydrogen-bond donors (Lipinski definition) is 1. The van der Waals surface area contributed by atoms with Crippen molar-refractivity contribution in [1.82, 2.24) is 15.1 Å². The van der Waals surface area contributed by atoms with E-state index in [9.17, 15) is 0 Å². The van der Waals surface area contributed by atoms with E-state index < -0.39 is 0 Å². The summed E-state index contributed by atoms with van der Waals surface area (Å²) in [7, 11) is 0. The molecule has 2 aliphatic rings. The number of piperazine rings is 1. The fraction of sp³-hybridized carbons (Fsp3) is 1.00. The number of hydrogen-bond acceptors (Lipinski definition) is 3. The first-order chi connectivity index (χ1) is 8.38. The number of nitrogens with zero attached hydrogens (tertiary/aromatic N) is 2. The van der Waals surface area contributed by atoms with Crippen molar-refractivity contribution < 1.29 is 0 Å². The van der Waals surface area contributed by atoms with Gasteiger partial charge in [0.15, 0.2) is 0 Å². The number of likely N-dealkylation sites (N-methyl/N-ethyl adjacent to an activating group) is 1. The van der Waals surface area contributed by atoms with Gasteiger partial charge in [0.05, 0.1) is 0 Å². The molecule has 100 valence electrons. The molecule has 17 heavy (non-hydrogen) atoms. The van der Waals surface area contributed by atoms with Crippen molar-refractivity contribution in [3.05, 3.63) is 0 Å². The molecule has 1 aliphatic heterocycles. The molecule has 1 N–H and O–H groups in total. The van der Waals surface area contributed by atoms with Crippen LogP contribution in [0.3, 0.4) is 0 Å². The van der Waals surface area contributed by atoms with E-state index in [0.29, 0.717) is 0 Å². The highest BCUT2D eigenvalue weighted by molar-refractivity contribution is 4.73. The van der Waals surface area contributed by atoms with Crippen molar-refractivity contribution in [2.24, 2.45) is 5.92 Å². The number of rotatable bonds is 6. The lowest BCUT2D eigenvalue weighted by Gasteiger charge is -2.34. The molecule has 0 unspecified atom stereocenters. The van der Waals surface area contributed by atoms with Crippen LogP contribution in [0, 0.1) is 5.92 Å². The Morgan fingerprint density at radius 2 is 1.65 bits per heavy atom. The normalized spacial score (nSPS) is 24.5. The fourth-order valence-corrected chi connectivity index (χ4v) is 3.09. The molecule has 0 aromatic carbocycles. The van der Waals surface area contributed by atoms with Crippen molar-refractivity contribution in [3.63, 3.8) is 0 Å². The summed E-state index contributed by atoms with van der Waals surface area (Å²) in [5.74, 6) is 0.979. The third-order valence-corrected chi connectivity index (χ3v) is 4.42. The Balaban J connectivity index is 1.48. The molecular formula is C14H29N3. The van der Waals surface area contributed by atoms with E-state index in [0.717, 1.165) is 5.92 Å². The van der Waals surface area contributed by atoms with Gasteiger partial charge in [-0.1, -0.05) is 19.8 Å². The molecule has 1 heterocycles. The van der Waals surface area contributed by atoms with Crippen LogP contribution in [0.1, 0.15) is 32.6 Å². The Bertz CT molecular complexity index is 194. The SMILES string of the molecule is CCN1CCN(CCNCC2CCCC2)CC1. The highest BCUT2D eigenvalue weighted by atomic mass is 15.3. The quantitative estimate of drug-likeness (QED) is 0.707. The largest absolute Gasteiger partial charge is 0.315 e. The van der Waals surface area contributed by atoms with Crippen LogP contribution in [0.2, 0.25) is 0 Å². The van der Waals surface area contributed by atoms with E-state index in [1.165, 1.54) is 78.0 Å². The van der Waals surface area contributed by atoms with Crippen LogP contribution < -0.4 is 5.32 Å². The van der Waals surface area contributed by atoms with Gasteiger partial charge in [0.25, 0.3) is 0 Å². The van der Waals surface area contributed by atoms with Gasteiger partial charge in [-0.05, 0) is 31.8 Å². The molecule has 0 radical (unpaired) electrons. The molecule has 1 saturated carbocycles. The average molecular weight is 239 g/mol. The molecule has 0 spiro atoms. The van der Waals surface area contributed by atoms with Gasteiger partial charge in [0, 0.05) is 39.3 Å². The maximum absolute atomic E-state index is 3.64. The third kappa shape index (κ3) is 4.57. The topological polar surface area (TPSA) is 18.5 Å². The van der Waals surface area contributed by atoms with E-state index in [1.54, 1.807) is 0 Å². The van der Waals surface area contributed by atoms with Gasteiger partial charge in [0.1, 0.15) is 0 Å². The Hall–Kier alpha value is -0.120. The van der Waals surface area contributed by atoms with E-state index in [2.05, 4.69) is 22.0 Å². The molecule has 0 amide bonds. The van der Waals surface area contributed by atoms with Crippen molar-refractivity contribution in [2.75, 3.05) is 52.4 Å². The van der Waals surface area contributed by atoms with Gasteiger partial charge in [-0.15, -0.1) is 0 Å². The highest BCUT2D eigenvalue weighted by Crippen LogP contribution is 2.23. The first-order valence-electron chi connectivity index (χ1n) is 7.54. The standard InChI is InChI=1S/C14H29N3/c1-2-16-9-11-17(12-10-16)8-7-15-13-14-5-3-4-6-14/h14-15H,2-13H2,1H3. The molecule has 3 nitrogen and oxygen atoms in total. The smallest absolute Gasteiger partial charge is 0.0110 e. The minimum Gasteiger partial charge on any atom is -0.315 e. The number of nitrogens with one attached hydrogen (secondary N) is 1. The van der Waals surface area contributed by atoms with Crippen molar-refractivity contribution in [2.45, 2.75) is 32.6 Å². The van der Waals surface area contributed by atoms with Gasteiger partial charge in [0.2, 0.25) is 0 Å². The Morgan fingerprint density at radius 1 is 1.00 bits per heavy atom. The second-order valence-corrected chi connectivity index (χ2v) is 5.63. The molecular weight excluding hydrogens is 210 g/mol. The lowest BCUT2D eigenvalue weighted by molar-refractivity contribution is 0.137. The van der Waals surface area contributed by atoms with Crippen LogP contribution >= 0.6 is 0 Å². The van der Waals surface area contributed by atoms with Gasteiger partial charge in [-0.3, -0.25) is 4.90 Å². The summed E-state index contributed by atoms with van der Waals surface area (Å²) in [5, 5.41) is 3.64. The lowest BCUT2D eigenvalue weighted by Crippen LogP contribution is -2.48. The monoisotopic (exact) mass is 239 g/mol. The van der Waals surface area contributed by atoms with E-state index in [-0.39, 0.29) is 0 Å². The maximum atomic E-state index is 3.64. The van der Waals surface area contributed by atoms with Crippen LogP contribution in [0.25, 0.3) is 0 Å². The first kappa shape index (κ1) is 13.3. The van der Waals surface area contributed by atoms with Crippen LogP contribution in [0.5, 0.6) is 0 Å². The molecule has 3 heteroatoms. The molecule has 1 aliphatic carbocycles. The van der Waals surface area contributed by atoms with Crippen molar-refractivity contribution >= 4 is 0 Å². The van der Waals surface area contributed by atoms with Crippen molar-refractivity contribution in [3.8, 4) is 0 Å². The Morgan fingerprint density at radius 3 is 2.29 bits per heavy atom. The molecule has 2 rings (SSSR count). The Kier molecular flexibility index (Phi) is 5.75. The van der Waals surface area contributed by atoms with E-state index in [4.69, 9.17) is 0 Å². The molecule has 1 saturated heterocycles. The zero-order valence-electron chi connectivity index (χ0n) is 11.5. The minimum absolute atomic E-state index is 0.979. The molecule has 0 aromatic rings. The summed E-state index contributed by atoms with van der Waals surface area (Å²) in [4.78, 5) is 5.15. The molecule has 2 fully saturated rings. The second kappa shape index (κ2) is 7.34. The van der Waals surface area contributed by atoms with Gasteiger partial charge < -0.3 is 10.2 Å². The van der Waals surface area contributed by atoms with Crippen molar-refractivity contribution in [1.29, 1.82) is 0 Å². The van der Waals surface area contributed by atoms with Crippen LogP contribution in [0.15, 0.2) is 0 Å². The predicted octanol–water partition coefficient (Wildman–Crippen LogP) is 1.40. The fourth-order valence-electron chi connectivity index (χ4n) is 3.09. The van der Waals surface area contributed by atoms with E-state index in [1.807, 2.05) is 0 Å². The second-order valence-electron chi connectivity index (χ2n) is 5.63. The summed E-state index contributed by atoms with van der Waals surface area (Å²) in [6.07, 6.45) is 5.85. The minimum atomic E-state index is 0.979. The lowest BCUT2D eigenvalue weighted by atomic mass is 10.1. The van der Waals surface area contributed by atoms with Gasteiger partial charge >= 0.3 is 0 Å². The summed E-state index contributed by atoms with van der Waals surface area (Å²) < 4.78 is 0. The predicted molar refractivity (Wildman–Crippen MR) is 73.4 cm³/mol. The zero-order valence-corrected chi connectivity index (χ0v) is 11.5. The average Bonchev–Trinajstić information content (AvgIpc) is 2.88.